The van der Waals surface area contributed by atoms with Crippen LogP contribution in [0.25, 0.3) is 22.4 Å². The van der Waals surface area contributed by atoms with Crippen LogP contribution in [0.4, 0.5) is 10.1 Å². The molecular formula is C23H20FN3O3S. The van der Waals surface area contributed by atoms with Gasteiger partial charge in [0.2, 0.25) is 5.91 Å². The minimum atomic E-state index is -3.53. The number of nitrogens with zero attached hydrogens (tertiary/aromatic N) is 1. The van der Waals surface area contributed by atoms with Crippen molar-refractivity contribution >= 4 is 32.5 Å². The van der Waals surface area contributed by atoms with E-state index in [0.29, 0.717) is 22.5 Å². The van der Waals surface area contributed by atoms with Crippen LogP contribution < -0.4 is 5.32 Å². The third-order valence-electron chi connectivity index (χ3n) is 4.86. The third-order valence-corrected chi connectivity index (χ3v) is 6.59. The molecule has 0 bridgehead atoms. The Kier molecular flexibility index (Phi) is 5.56. The number of anilines is 1. The Labute approximate surface area is 179 Å². The van der Waals surface area contributed by atoms with Crippen LogP contribution in [0.15, 0.2) is 71.6 Å². The fourth-order valence-electron chi connectivity index (χ4n) is 3.15. The minimum absolute atomic E-state index is 0.155. The quantitative estimate of drug-likeness (QED) is 0.465. The van der Waals surface area contributed by atoms with Crippen molar-refractivity contribution in [1.29, 1.82) is 0 Å². The first kappa shape index (κ1) is 20.7. The van der Waals surface area contributed by atoms with Gasteiger partial charge in [-0.05, 0) is 61.5 Å². The summed E-state index contributed by atoms with van der Waals surface area (Å²) in [5.41, 5.74) is 3.63. The molecule has 1 aromatic heterocycles. The van der Waals surface area contributed by atoms with Crippen LogP contribution in [0.3, 0.4) is 0 Å². The molecule has 4 rings (SSSR count). The number of imidazole rings is 1. The Hall–Kier alpha value is -3.52. The molecule has 4 aromatic rings. The van der Waals surface area contributed by atoms with Crippen molar-refractivity contribution in [3.05, 3.63) is 78.1 Å². The summed E-state index contributed by atoms with van der Waals surface area (Å²) in [6.45, 7) is 1.88. The number of sulfone groups is 1. The molecule has 0 aliphatic rings. The van der Waals surface area contributed by atoms with Gasteiger partial charge in [-0.3, -0.25) is 4.79 Å². The highest BCUT2D eigenvalue weighted by Gasteiger charge is 2.16. The van der Waals surface area contributed by atoms with Crippen molar-refractivity contribution in [1.82, 2.24) is 9.97 Å². The summed E-state index contributed by atoms with van der Waals surface area (Å²) in [6.07, 6.45) is -0.155. The lowest BCUT2D eigenvalue weighted by Crippen LogP contribution is -2.17. The smallest absolute Gasteiger partial charge is 0.225 e. The van der Waals surface area contributed by atoms with E-state index < -0.39 is 15.7 Å². The summed E-state index contributed by atoms with van der Waals surface area (Å²) < 4.78 is 38.0. The highest BCUT2D eigenvalue weighted by molar-refractivity contribution is 7.91. The van der Waals surface area contributed by atoms with E-state index in [1.54, 1.807) is 54.6 Å². The Morgan fingerprint density at radius 1 is 1.03 bits per heavy atom. The van der Waals surface area contributed by atoms with E-state index in [1.165, 1.54) is 12.1 Å². The fraction of sp³-hybridized carbons (Fsp3) is 0.130. The molecule has 0 aliphatic heterocycles. The Balaban J connectivity index is 1.43. The molecule has 31 heavy (non-hydrogen) atoms. The molecule has 0 unspecified atom stereocenters. The van der Waals surface area contributed by atoms with Gasteiger partial charge in [-0.15, -0.1) is 0 Å². The molecule has 3 aromatic carbocycles. The number of hydrogen-bond acceptors (Lipinski definition) is 4. The molecule has 0 fully saturated rings. The average molecular weight is 437 g/mol. The number of benzene rings is 3. The molecule has 6 nitrogen and oxygen atoms in total. The zero-order valence-corrected chi connectivity index (χ0v) is 17.5. The molecule has 0 saturated heterocycles. The third kappa shape index (κ3) is 4.80. The van der Waals surface area contributed by atoms with Gasteiger partial charge in [0.1, 0.15) is 11.6 Å². The van der Waals surface area contributed by atoms with Crippen molar-refractivity contribution < 1.29 is 17.6 Å². The monoisotopic (exact) mass is 437 g/mol. The number of carbonyl (C=O) groups is 1. The highest BCUT2D eigenvalue weighted by atomic mass is 32.2. The van der Waals surface area contributed by atoms with Gasteiger partial charge in [-0.25, -0.2) is 17.8 Å². The maximum Gasteiger partial charge on any atom is 0.225 e. The maximum atomic E-state index is 13.1. The highest BCUT2D eigenvalue weighted by Crippen LogP contribution is 2.23. The zero-order chi connectivity index (χ0) is 22.0. The first-order valence-corrected chi connectivity index (χ1v) is 11.3. The second-order valence-electron chi connectivity index (χ2n) is 7.25. The number of halogens is 1. The number of hydrogen-bond donors (Lipinski definition) is 2. The van der Waals surface area contributed by atoms with Crippen LogP contribution in [-0.2, 0) is 14.6 Å². The Bertz CT molecular complexity index is 1350. The summed E-state index contributed by atoms with van der Waals surface area (Å²) >= 11 is 0. The van der Waals surface area contributed by atoms with E-state index in [0.717, 1.165) is 11.1 Å². The number of aromatic amines is 1. The van der Waals surface area contributed by atoms with E-state index in [1.807, 2.05) is 6.92 Å². The number of amides is 1. The second kappa shape index (κ2) is 8.31. The first-order valence-electron chi connectivity index (χ1n) is 9.65. The summed E-state index contributed by atoms with van der Waals surface area (Å²) in [5, 5.41) is 2.72. The lowest BCUT2D eigenvalue weighted by molar-refractivity contribution is -0.115. The number of rotatable bonds is 6. The van der Waals surface area contributed by atoms with Crippen molar-refractivity contribution in [2.24, 2.45) is 0 Å². The van der Waals surface area contributed by atoms with E-state index >= 15 is 0 Å². The number of nitrogens with one attached hydrogen (secondary N) is 2. The zero-order valence-electron chi connectivity index (χ0n) is 16.7. The van der Waals surface area contributed by atoms with Gasteiger partial charge in [0, 0.05) is 17.7 Å². The van der Waals surface area contributed by atoms with Gasteiger partial charge in [0.15, 0.2) is 9.84 Å². The SMILES string of the molecule is Cc1ccc(S(=O)(=O)CCC(=O)Nc2ccc3nc(-c4ccc(F)cc4)[nH]c3c2)cc1. The summed E-state index contributed by atoms with van der Waals surface area (Å²) in [7, 11) is -3.53. The number of aryl methyl sites for hydroxylation is 1. The maximum absolute atomic E-state index is 13.1. The molecular weight excluding hydrogens is 417 g/mol. The Morgan fingerprint density at radius 3 is 2.45 bits per heavy atom. The molecule has 1 amide bonds. The molecule has 0 radical (unpaired) electrons. The summed E-state index contributed by atoms with van der Waals surface area (Å²) in [6, 6.07) is 17.7. The second-order valence-corrected chi connectivity index (χ2v) is 9.36. The van der Waals surface area contributed by atoms with Gasteiger partial charge >= 0.3 is 0 Å². The van der Waals surface area contributed by atoms with Crippen LogP contribution in [-0.4, -0.2) is 30.0 Å². The number of fused-ring (bicyclic) bond motifs is 1. The number of carbonyl (C=O) groups excluding carboxylic acids is 1. The Morgan fingerprint density at radius 2 is 1.74 bits per heavy atom. The van der Waals surface area contributed by atoms with Crippen molar-refractivity contribution in [3.8, 4) is 11.4 Å². The van der Waals surface area contributed by atoms with Gasteiger partial charge in [0.05, 0.1) is 21.7 Å². The molecule has 0 saturated carbocycles. The van der Waals surface area contributed by atoms with Gasteiger partial charge in [-0.1, -0.05) is 17.7 Å². The molecule has 0 aliphatic carbocycles. The van der Waals surface area contributed by atoms with E-state index in [-0.39, 0.29) is 22.9 Å². The largest absolute Gasteiger partial charge is 0.338 e. The van der Waals surface area contributed by atoms with Crippen LogP contribution in [0, 0.1) is 12.7 Å². The predicted molar refractivity (Wildman–Crippen MR) is 118 cm³/mol. The van der Waals surface area contributed by atoms with Crippen molar-refractivity contribution in [2.75, 3.05) is 11.1 Å². The predicted octanol–water partition coefficient (Wildman–Crippen LogP) is 4.48. The van der Waals surface area contributed by atoms with Crippen LogP contribution in [0.5, 0.6) is 0 Å². The molecule has 158 valence electrons. The van der Waals surface area contributed by atoms with Crippen LogP contribution in [0.1, 0.15) is 12.0 Å². The molecule has 0 spiro atoms. The minimum Gasteiger partial charge on any atom is -0.338 e. The lowest BCUT2D eigenvalue weighted by atomic mass is 10.2. The molecule has 2 N–H and O–H groups in total. The average Bonchev–Trinajstić information content (AvgIpc) is 3.16. The molecule has 8 heteroatoms. The van der Waals surface area contributed by atoms with Crippen LogP contribution in [0.2, 0.25) is 0 Å². The molecule has 0 atom stereocenters. The normalized spacial score (nSPS) is 11.5. The van der Waals surface area contributed by atoms with E-state index in [9.17, 15) is 17.6 Å². The summed E-state index contributed by atoms with van der Waals surface area (Å²) in [4.78, 5) is 20.1. The van der Waals surface area contributed by atoms with Crippen LogP contribution >= 0.6 is 0 Å². The van der Waals surface area contributed by atoms with Gasteiger partial charge in [0.25, 0.3) is 0 Å². The van der Waals surface area contributed by atoms with Crippen molar-refractivity contribution in [2.45, 2.75) is 18.2 Å². The lowest BCUT2D eigenvalue weighted by Gasteiger charge is -2.07. The topological polar surface area (TPSA) is 91.9 Å². The van der Waals surface area contributed by atoms with E-state index in [4.69, 9.17) is 0 Å². The number of aromatic nitrogens is 2. The van der Waals surface area contributed by atoms with Gasteiger partial charge in [-0.2, -0.15) is 0 Å². The number of H-pyrrole nitrogens is 1. The summed E-state index contributed by atoms with van der Waals surface area (Å²) in [5.74, 6) is -0.409. The first-order chi connectivity index (χ1) is 14.8. The van der Waals surface area contributed by atoms with Gasteiger partial charge < -0.3 is 10.3 Å². The standard InChI is InChI=1S/C23H20FN3O3S/c1-15-2-9-19(10-3-15)31(29,30)13-12-22(28)25-18-8-11-20-21(14-18)27-23(26-20)16-4-6-17(24)7-5-16/h2-11,14H,12-13H2,1H3,(H,25,28)(H,26,27). The van der Waals surface area contributed by atoms with E-state index in [2.05, 4.69) is 15.3 Å². The fourth-order valence-corrected chi connectivity index (χ4v) is 4.39. The molecule has 1 heterocycles. The van der Waals surface area contributed by atoms with Crippen molar-refractivity contribution in [3.63, 3.8) is 0 Å².